The van der Waals surface area contributed by atoms with Crippen molar-refractivity contribution in [2.24, 2.45) is 0 Å². The molecule has 1 atom stereocenters. The quantitative estimate of drug-likeness (QED) is 0.836. The van der Waals surface area contributed by atoms with Crippen molar-refractivity contribution in [1.82, 2.24) is 10.4 Å². The lowest BCUT2D eigenvalue weighted by atomic mass is 10.0. The molecule has 130 valence electrons. The fraction of sp³-hybridized carbons (Fsp3) is 0.471. The number of nitrogens with zero attached hydrogens (tertiary/aromatic N) is 2. The summed E-state index contributed by atoms with van der Waals surface area (Å²) in [5, 5.41) is 12.7. The minimum atomic E-state index is -0.646. The molecule has 7 nitrogen and oxygen atoms in total. The van der Waals surface area contributed by atoms with Crippen molar-refractivity contribution in [3.8, 4) is 6.07 Å². The predicted octanol–water partition coefficient (Wildman–Crippen LogP) is 2.53. The third-order valence-electron chi connectivity index (χ3n) is 3.14. The van der Waals surface area contributed by atoms with Crippen LogP contribution >= 0.6 is 0 Å². The lowest BCUT2D eigenvalue weighted by Gasteiger charge is -2.24. The number of ether oxygens (including phenoxy) is 1. The Morgan fingerprint density at radius 2 is 1.88 bits per heavy atom. The van der Waals surface area contributed by atoms with E-state index in [9.17, 15) is 9.59 Å². The van der Waals surface area contributed by atoms with Crippen LogP contribution in [0.3, 0.4) is 0 Å². The van der Waals surface area contributed by atoms with Crippen LogP contribution in [0, 0.1) is 11.3 Å². The molecule has 0 bridgehead atoms. The molecule has 0 unspecified atom stereocenters. The number of rotatable bonds is 5. The second kappa shape index (κ2) is 8.31. The Bertz CT molecular complexity index is 614. The Kier molecular flexibility index (Phi) is 6.74. The maximum absolute atomic E-state index is 12.1. The van der Waals surface area contributed by atoms with E-state index in [1.807, 2.05) is 6.07 Å². The van der Waals surface area contributed by atoms with Gasteiger partial charge in [0, 0.05) is 7.05 Å². The van der Waals surface area contributed by atoms with Gasteiger partial charge < -0.3 is 10.1 Å². The SMILES string of the molecule is CON(C)C(=O)C[C@H](NC(=O)OC(C)(C)C)c1ccc(C#N)cc1. The fourth-order valence-corrected chi connectivity index (χ4v) is 1.90. The van der Waals surface area contributed by atoms with Crippen molar-refractivity contribution in [2.45, 2.75) is 38.8 Å². The Hall–Kier alpha value is -2.59. The molecule has 1 rings (SSSR count). The zero-order valence-electron chi connectivity index (χ0n) is 14.6. The first-order valence-electron chi connectivity index (χ1n) is 7.46. The summed E-state index contributed by atoms with van der Waals surface area (Å²) < 4.78 is 5.24. The maximum atomic E-state index is 12.1. The first kappa shape index (κ1) is 19.5. The van der Waals surface area contributed by atoms with Crippen LogP contribution in [-0.4, -0.2) is 36.8 Å². The van der Waals surface area contributed by atoms with Crippen molar-refractivity contribution in [3.63, 3.8) is 0 Å². The van der Waals surface area contributed by atoms with E-state index >= 15 is 0 Å². The lowest BCUT2D eigenvalue weighted by molar-refractivity contribution is -0.169. The average molecular weight is 333 g/mol. The largest absolute Gasteiger partial charge is 0.444 e. The molecule has 7 heteroatoms. The molecular weight excluding hydrogens is 310 g/mol. The number of hydrogen-bond acceptors (Lipinski definition) is 5. The molecule has 0 aliphatic rings. The summed E-state index contributed by atoms with van der Waals surface area (Å²) in [6.07, 6.45) is -0.625. The number of carbonyl (C=O) groups excluding carboxylic acids is 2. The average Bonchev–Trinajstić information content (AvgIpc) is 2.51. The number of hydrogen-bond donors (Lipinski definition) is 1. The van der Waals surface area contributed by atoms with Gasteiger partial charge in [-0.3, -0.25) is 9.63 Å². The van der Waals surface area contributed by atoms with Crippen LogP contribution in [0.25, 0.3) is 0 Å². The summed E-state index contributed by atoms with van der Waals surface area (Å²) in [5.74, 6) is -0.303. The van der Waals surface area contributed by atoms with Gasteiger partial charge in [-0.05, 0) is 38.5 Å². The van der Waals surface area contributed by atoms with Crippen molar-refractivity contribution >= 4 is 12.0 Å². The van der Waals surface area contributed by atoms with Gasteiger partial charge in [-0.25, -0.2) is 9.86 Å². The molecule has 0 aliphatic heterocycles. The van der Waals surface area contributed by atoms with E-state index in [1.165, 1.54) is 14.2 Å². The summed E-state index contributed by atoms with van der Waals surface area (Å²) in [5.41, 5.74) is 0.542. The van der Waals surface area contributed by atoms with Crippen molar-refractivity contribution in [2.75, 3.05) is 14.2 Å². The molecule has 1 aromatic carbocycles. The number of alkyl carbamates (subject to hydrolysis) is 1. The third-order valence-corrected chi connectivity index (χ3v) is 3.14. The van der Waals surface area contributed by atoms with Crippen LogP contribution < -0.4 is 5.32 Å². The number of carbonyl (C=O) groups is 2. The van der Waals surface area contributed by atoms with Gasteiger partial charge >= 0.3 is 6.09 Å². The monoisotopic (exact) mass is 333 g/mol. The zero-order chi connectivity index (χ0) is 18.3. The first-order valence-corrected chi connectivity index (χ1v) is 7.46. The van der Waals surface area contributed by atoms with Crippen LogP contribution in [0.2, 0.25) is 0 Å². The Balaban J connectivity index is 2.95. The van der Waals surface area contributed by atoms with Gasteiger partial charge in [0.1, 0.15) is 5.60 Å². The van der Waals surface area contributed by atoms with Crippen molar-refractivity contribution in [3.05, 3.63) is 35.4 Å². The van der Waals surface area contributed by atoms with Gasteiger partial charge in [-0.2, -0.15) is 5.26 Å². The summed E-state index contributed by atoms with van der Waals surface area (Å²) >= 11 is 0. The highest BCUT2D eigenvalue weighted by molar-refractivity contribution is 5.77. The number of amides is 2. The Labute approximate surface area is 142 Å². The molecule has 2 amide bonds. The first-order chi connectivity index (χ1) is 11.2. The minimum absolute atomic E-state index is 0.00448. The zero-order valence-corrected chi connectivity index (χ0v) is 14.6. The fourth-order valence-electron chi connectivity index (χ4n) is 1.90. The Morgan fingerprint density at radius 1 is 1.29 bits per heavy atom. The molecule has 0 saturated carbocycles. The van der Waals surface area contributed by atoms with Gasteiger partial charge in [0.2, 0.25) is 5.91 Å². The summed E-state index contributed by atoms with van der Waals surface area (Å²) in [7, 11) is 2.88. The molecule has 0 radical (unpaired) electrons. The van der Waals surface area contributed by atoms with E-state index in [1.54, 1.807) is 45.0 Å². The van der Waals surface area contributed by atoms with E-state index in [4.69, 9.17) is 14.8 Å². The van der Waals surface area contributed by atoms with Gasteiger partial charge in [0.15, 0.2) is 0 Å². The van der Waals surface area contributed by atoms with Gasteiger partial charge in [0.05, 0.1) is 31.2 Å². The highest BCUT2D eigenvalue weighted by atomic mass is 16.7. The molecule has 0 saturated heterocycles. The highest BCUT2D eigenvalue weighted by Gasteiger charge is 2.24. The van der Waals surface area contributed by atoms with Crippen LogP contribution in [0.4, 0.5) is 4.79 Å². The van der Waals surface area contributed by atoms with E-state index in [0.717, 1.165) is 5.06 Å². The summed E-state index contributed by atoms with van der Waals surface area (Å²) in [6, 6.07) is 8.07. The molecule has 1 N–H and O–H groups in total. The van der Waals surface area contributed by atoms with Crippen LogP contribution in [0.15, 0.2) is 24.3 Å². The molecule has 0 spiro atoms. The van der Waals surface area contributed by atoms with Crippen LogP contribution in [0.1, 0.15) is 44.4 Å². The molecule has 24 heavy (non-hydrogen) atoms. The topological polar surface area (TPSA) is 91.7 Å². The Morgan fingerprint density at radius 3 is 2.33 bits per heavy atom. The summed E-state index contributed by atoms with van der Waals surface area (Å²) in [6.45, 7) is 5.27. The maximum Gasteiger partial charge on any atom is 0.408 e. The second-order valence-electron chi connectivity index (χ2n) is 6.21. The molecule has 0 heterocycles. The van der Waals surface area contributed by atoms with E-state index in [0.29, 0.717) is 11.1 Å². The molecule has 1 aromatic rings. The number of benzene rings is 1. The molecule has 0 fully saturated rings. The van der Waals surface area contributed by atoms with E-state index < -0.39 is 17.7 Å². The molecular formula is C17H23N3O4. The van der Waals surface area contributed by atoms with Gasteiger partial charge in [-0.1, -0.05) is 12.1 Å². The number of hydroxylamine groups is 2. The van der Waals surface area contributed by atoms with E-state index in [2.05, 4.69) is 5.32 Å². The number of nitrogens with one attached hydrogen (secondary N) is 1. The van der Waals surface area contributed by atoms with Gasteiger partial charge in [-0.15, -0.1) is 0 Å². The van der Waals surface area contributed by atoms with Crippen molar-refractivity contribution in [1.29, 1.82) is 5.26 Å². The minimum Gasteiger partial charge on any atom is -0.444 e. The lowest BCUT2D eigenvalue weighted by Crippen LogP contribution is -2.37. The third kappa shape index (κ3) is 6.26. The van der Waals surface area contributed by atoms with Crippen molar-refractivity contribution < 1.29 is 19.2 Å². The standard InChI is InChI=1S/C17H23N3O4/c1-17(2,3)24-16(22)19-14(10-15(21)20(4)23-5)13-8-6-12(11-18)7-9-13/h6-9,14H,10H2,1-5H3,(H,19,22)/t14-/m0/s1. The smallest absolute Gasteiger partial charge is 0.408 e. The van der Waals surface area contributed by atoms with Crippen LogP contribution in [0.5, 0.6) is 0 Å². The number of nitriles is 1. The summed E-state index contributed by atoms with van der Waals surface area (Å²) in [4.78, 5) is 29.0. The molecule has 0 aromatic heterocycles. The highest BCUT2D eigenvalue weighted by Crippen LogP contribution is 2.20. The van der Waals surface area contributed by atoms with Crippen LogP contribution in [-0.2, 0) is 14.4 Å². The normalized spacial score (nSPS) is 12.0. The predicted molar refractivity (Wildman–Crippen MR) is 87.7 cm³/mol. The van der Waals surface area contributed by atoms with E-state index in [-0.39, 0.29) is 12.3 Å². The second-order valence-corrected chi connectivity index (χ2v) is 6.21. The molecule has 0 aliphatic carbocycles. The van der Waals surface area contributed by atoms with Gasteiger partial charge in [0.25, 0.3) is 0 Å².